The second-order valence-corrected chi connectivity index (χ2v) is 5.35. The lowest BCUT2D eigenvalue weighted by atomic mass is 9.70. The topological polar surface area (TPSA) is 43.4 Å². The molecule has 0 amide bonds. The van der Waals surface area contributed by atoms with Gasteiger partial charge in [-0.3, -0.25) is 9.59 Å². The Bertz CT molecular complexity index is 458. The molecule has 1 aliphatic heterocycles. The molecule has 1 unspecified atom stereocenters. The van der Waals surface area contributed by atoms with Crippen LogP contribution in [0, 0.1) is 17.8 Å². The van der Waals surface area contributed by atoms with E-state index in [0.717, 1.165) is 24.0 Å². The van der Waals surface area contributed by atoms with Crippen LogP contribution in [0.1, 0.15) is 26.7 Å². The Morgan fingerprint density at radius 3 is 2.88 bits per heavy atom. The highest BCUT2D eigenvalue weighted by molar-refractivity contribution is 6.05. The Morgan fingerprint density at radius 2 is 2.12 bits per heavy atom. The molecule has 0 N–H and O–H groups in total. The Balaban J connectivity index is 1.96. The van der Waals surface area contributed by atoms with Crippen molar-refractivity contribution < 1.29 is 14.3 Å². The van der Waals surface area contributed by atoms with E-state index in [-0.39, 0.29) is 29.7 Å². The van der Waals surface area contributed by atoms with Crippen LogP contribution in [-0.4, -0.2) is 17.9 Å². The second-order valence-electron chi connectivity index (χ2n) is 5.35. The monoisotopic (exact) mass is 232 g/mol. The Kier molecular flexibility index (Phi) is 2.25. The van der Waals surface area contributed by atoms with Crippen molar-refractivity contribution in [3.8, 4) is 0 Å². The molecule has 90 valence electrons. The van der Waals surface area contributed by atoms with Gasteiger partial charge in [0.05, 0.1) is 5.92 Å². The maximum Gasteiger partial charge on any atom is 0.309 e. The van der Waals surface area contributed by atoms with E-state index in [0.29, 0.717) is 5.92 Å². The van der Waals surface area contributed by atoms with E-state index < -0.39 is 0 Å². The fraction of sp³-hybridized carbons (Fsp3) is 0.571. The van der Waals surface area contributed by atoms with Crippen LogP contribution in [0.5, 0.6) is 0 Å². The maximum absolute atomic E-state index is 11.6. The number of carbonyl (C=O) groups is 2. The molecule has 2 aliphatic carbocycles. The summed E-state index contributed by atoms with van der Waals surface area (Å²) < 4.78 is 5.49. The molecule has 3 nitrogen and oxygen atoms in total. The Morgan fingerprint density at radius 1 is 1.35 bits per heavy atom. The largest absolute Gasteiger partial charge is 0.461 e. The lowest BCUT2D eigenvalue weighted by molar-refractivity contribution is -0.144. The molecule has 3 heteroatoms. The number of allylic oxidation sites excluding steroid dienone is 2. The molecule has 0 radical (unpaired) electrons. The van der Waals surface area contributed by atoms with Gasteiger partial charge < -0.3 is 4.74 Å². The first-order valence-corrected chi connectivity index (χ1v) is 6.21. The molecule has 3 aliphatic rings. The zero-order chi connectivity index (χ0) is 12.2. The van der Waals surface area contributed by atoms with Crippen LogP contribution in [0.4, 0.5) is 0 Å². The summed E-state index contributed by atoms with van der Waals surface area (Å²) in [5.74, 6) is 0.492. The summed E-state index contributed by atoms with van der Waals surface area (Å²) in [6, 6.07) is 0. The second kappa shape index (κ2) is 3.56. The van der Waals surface area contributed by atoms with Crippen LogP contribution in [0.25, 0.3) is 0 Å². The molecule has 1 saturated heterocycles. The van der Waals surface area contributed by atoms with Gasteiger partial charge in [0.25, 0.3) is 0 Å². The van der Waals surface area contributed by atoms with Crippen molar-refractivity contribution in [1.29, 1.82) is 0 Å². The van der Waals surface area contributed by atoms with Crippen LogP contribution in [0.3, 0.4) is 0 Å². The fourth-order valence-electron chi connectivity index (χ4n) is 3.26. The Labute approximate surface area is 101 Å². The summed E-state index contributed by atoms with van der Waals surface area (Å²) in [7, 11) is 0. The molecule has 0 aromatic heterocycles. The third-order valence-electron chi connectivity index (χ3n) is 4.37. The van der Waals surface area contributed by atoms with E-state index in [1.54, 1.807) is 6.08 Å². The number of fused-ring (bicyclic) bond motifs is 3. The molecule has 2 fully saturated rings. The minimum Gasteiger partial charge on any atom is -0.461 e. The van der Waals surface area contributed by atoms with Gasteiger partial charge in [-0.05, 0) is 31.4 Å². The van der Waals surface area contributed by atoms with Crippen LogP contribution >= 0.6 is 0 Å². The van der Waals surface area contributed by atoms with Crippen molar-refractivity contribution in [3.63, 3.8) is 0 Å². The Hall–Kier alpha value is -1.38. The molecule has 0 aromatic rings. The predicted octanol–water partition coefficient (Wildman–Crippen LogP) is 2.03. The predicted molar refractivity (Wildman–Crippen MR) is 62.1 cm³/mol. The van der Waals surface area contributed by atoms with Gasteiger partial charge in [-0.1, -0.05) is 18.6 Å². The average molecular weight is 232 g/mol. The third kappa shape index (κ3) is 1.48. The molecular formula is C14H16O3. The summed E-state index contributed by atoms with van der Waals surface area (Å²) in [6.45, 7) is 3.78. The fourth-order valence-corrected chi connectivity index (χ4v) is 3.26. The first-order chi connectivity index (χ1) is 8.08. The number of hydrogen-bond donors (Lipinski definition) is 0. The molecule has 0 aromatic carbocycles. The standard InChI is InChI=1S/C14H16O3/c1-7-5-11-9(6-12(7)15)3-4-10-8(2)14(16)17-13(10)11/h5-6,8,10-11,13H,3-4H2,1-2H3/t8-,10-,11?,13-/m0/s1. The van der Waals surface area contributed by atoms with Gasteiger partial charge in [-0.2, -0.15) is 0 Å². The van der Waals surface area contributed by atoms with E-state index in [2.05, 4.69) is 0 Å². The molecule has 1 heterocycles. The summed E-state index contributed by atoms with van der Waals surface area (Å²) in [5, 5.41) is 0. The van der Waals surface area contributed by atoms with Crippen molar-refractivity contribution in [2.75, 3.05) is 0 Å². The van der Waals surface area contributed by atoms with Crippen LogP contribution in [0.2, 0.25) is 0 Å². The average Bonchev–Trinajstić information content (AvgIpc) is 2.58. The van der Waals surface area contributed by atoms with Gasteiger partial charge in [-0.25, -0.2) is 0 Å². The minimum absolute atomic E-state index is 0.00730. The molecule has 0 spiro atoms. The lowest BCUT2D eigenvalue weighted by Gasteiger charge is -2.35. The van der Waals surface area contributed by atoms with Crippen LogP contribution < -0.4 is 0 Å². The highest BCUT2D eigenvalue weighted by Crippen LogP contribution is 2.46. The van der Waals surface area contributed by atoms with E-state index in [4.69, 9.17) is 4.74 Å². The highest BCUT2D eigenvalue weighted by Gasteiger charge is 2.48. The van der Waals surface area contributed by atoms with Gasteiger partial charge in [0.15, 0.2) is 5.78 Å². The van der Waals surface area contributed by atoms with Crippen molar-refractivity contribution in [1.82, 2.24) is 0 Å². The van der Waals surface area contributed by atoms with Crippen molar-refractivity contribution in [2.24, 2.45) is 17.8 Å². The number of ether oxygens (including phenoxy) is 1. The van der Waals surface area contributed by atoms with Crippen molar-refractivity contribution in [3.05, 3.63) is 23.3 Å². The van der Waals surface area contributed by atoms with Gasteiger partial charge in [0.1, 0.15) is 6.10 Å². The SMILES string of the molecule is CC1=CC2C(=CC1=O)CC[C@H]1[C@H](C)C(=O)O[C@H]21. The summed E-state index contributed by atoms with van der Waals surface area (Å²) in [6.07, 6.45) is 5.57. The molecular weight excluding hydrogens is 216 g/mol. The van der Waals surface area contributed by atoms with Gasteiger partial charge in [0, 0.05) is 11.8 Å². The summed E-state index contributed by atoms with van der Waals surface area (Å²) >= 11 is 0. The number of ketones is 1. The van der Waals surface area contributed by atoms with E-state index in [9.17, 15) is 9.59 Å². The number of hydrogen-bond acceptors (Lipinski definition) is 3. The maximum atomic E-state index is 11.6. The molecule has 1 saturated carbocycles. The zero-order valence-corrected chi connectivity index (χ0v) is 10.1. The molecule has 3 rings (SSSR count). The number of carbonyl (C=O) groups excluding carboxylic acids is 2. The van der Waals surface area contributed by atoms with Crippen molar-refractivity contribution in [2.45, 2.75) is 32.8 Å². The lowest BCUT2D eigenvalue weighted by Crippen LogP contribution is -2.35. The molecule has 4 atom stereocenters. The number of rotatable bonds is 0. The molecule has 17 heavy (non-hydrogen) atoms. The van der Waals surface area contributed by atoms with Crippen molar-refractivity contribution >= 4 is 11.8 Å². The zero-order valence-electron chi connectivity index (χ0n) is 10.1. The quantitative estimate of drug-likeness (QED) is 0.600. The van der Waals surface area contributed by atoms with E-state index in [1.807, 2.05) is 19.9 Å². The third-order valence-corrected chi connectivity index (χ3v) is 4.37. The smallest absolute Gasteiger partial charge is 0.309 e. The van der Waals surface area contributed by atoms with Crippen LogP contribution in [0.15, 0.2) is 23.3 Å². The first kappa shape index (κ1) is 10.8. The van der Waals surface area contributed by atoms with Gasteiger partial charge in [0.2, 0.25) is 0 Å². The van der Waals surface area contributed by atoms with E-state index >= 15 is 0 Å². The summed E-state index contributed by atoms with van der Waals surface area (Å²) in [4.78, 5) is 23.2. The van der Waals surface area contributed by atoms with Gasteiger partial charge in [-0.15, -0.1) is 0 Å². The molecule has 0 bridgehead atoms. The van der Waals surface area contributed by atoms with Crippen LogP contribution in [-0.2, 0) is 14.3 Å². The first-order valence-electron chi connectivity index (χ1n) is 6.21. The highest BCUT2D eigenvalue weighted by atomic mass is 16.6. The van der Waals surface area contributed by atoms with E-state index in [1.165, 1.54) is 0 Å². The normalized spacial score (nSPS) is 40.1. The minimum atomic E-state index is -0.0794. The summed E-state index contributed by atoms with van der Waals surface area (Å²) in [5.41, 5.74) is 1.92. The number of esters is 1. The van der Waals surface area contributed by atoms with Gasteiger partial charge >= 0.3 is 5.97 Å².